The Bertz CT molecular complexity index is 486. The zero-order valence-electron chi connectivity index (χ0n) is 9.85. The molecule has 1 rings (SSSR count). The molecular weight excluding hydrogens is 239 g/mol. The molecule has 0 unspecified atom stereocenters. The van der Waals surface area contributed by atoms with Gasteiger partial charge in [0.1, 0.15) is 5.82 Å². The maximum Gasteiger partial charge on any atom is 0.273 e. The molecule has 1 aromatic carbocycles. The van der Waals surface area contributed by atoms with E-state index in [-0.39, 0.29) is 5.56 Å². The summed E-state index contributed by atoms with van der Waals surface area (Å²) >= 11 is 0. The fourth-order valence-electron chi connectivity index (χ4n) is 1.35. The van der Waals surface area contributed by atoms with Crippen LogP contribution >= 0.6 is 0 Å². The van der Waals surface area contributed by atoms with Crippen LogP contribution in [-0.4, -0.2) is 17.4 Å². The van der Waals surface area contributed by atoms with E-state index in [0.29, 0.717) is 13.0 Å². The van der Waals surface area contributed by atoms with Crippen LogP contribution in [0.3, 0.4) is 0 Å². The van der Waals surface area contributed by atoms with Crippen molar-refractivity contribution in [2.24, 2.45) is 0 Å². The van der Waals surface area contributed by atoms with Crippen molar-refractivity contribution in [1.82, 2.24) is 5.32 Å². The van der Waals surface area contributed by atoms with E-state index in [1.807, 2.05) is 19.1 Å². The molecule has 0 bridgehead atoms. The fraction of sp³-hybridized carbons (Fsp3) is 0.250. The number of rotatable bonds is 5. The minimum Gasteiger partial charge on any atom is -0.352 e. The molecule has 0 atom stereocenters. The maximum atomic E-state index is 13.1. The number of nitrogens with zero attached hydrogens (tertiary/aromatic N) is 1. The van der Waals surface area contributed by atoms with Crippen LogP contribution in [0.4, 0.5) is 10.1 Å². The zero-order chi connectivity index (χ0) is 13.5. The minimum absolute atomic E-state index is 0.0535. The highest BCUT2D eigenvalue weighted by molar-refractivity contribution is 5.94. The molecule has 1 aromatic rings. The van der Waals surface area contributed by atoms with Gasteiger partial charge in [0.05, 0.1) is 11.0 Å². The maximum absolute atomic E-state index is 13.1. The average Bonchev–Trinajstić information content (AvgIpc) is 2.33. The van der Waals surface area contributed by atoms with Gasteiger partial charge in [0.15, 0.2) is 0 Å². The second-order valence-electron chi connectivity index (χ2n) is 3.57. The molecule has 96 valence electrons. The Labute approximate surface area is 103 Å². The second kappa shape index (κ2) is 6.48. The number of nitro benzene ring substituents is 1. The van der Waals surface area contributed by atoms with Gasteiger partial charge in [0, 0.05) is 18.2 Å². The van der Waals surface area contributed by atoms with E-state index in [2.05, 4.69) is 5.32 Å². The molecule has 0 aliphatic heterocycles. The van der Waals surface area contributed by atoms with E-state index < -0.39 is 22.3 Å². The number of allylic oxidation sites excluding steroid dienone is 1. The molecule has 0 radical (unpaired) electrons. The van der Waals surface area contributed by atoms with Gasteiger partial charge in [-0.1, -0.05) is 12.2 Å². The van der Waals surface area contributed by atoms with E-state index in [1.54, 1.807) is 0 Å². The number of benzene rings is 1. The van der Waals surface area contributed by atoms with Gasteiger partial charge in [-0.25, -0.2) is 4.39 Å². The molecule has 6 heteroatoms. The number of carbonyl (C=O) groups excluding carboxylic acids is 1. The van der Waals surface area contributed by atoms with Gasteiger partial charge >= 0.3 is 0 Å². The number of nitro groups is 1. The highest BCUT2D eigenvalue weighted by Crippen LogP contribution is 2.16. The predicted octanol–water partition coefficient (Wildman–Crippen LogP) is 2.43. The Morgan fingerprint density at radius 3 is 2.83 bits per heavy atom. The van der Waals surface area contributed by atoms with Crippen LogP contribution in [0.15, 0.2) is 30.4 Å². The summed E-state index contributed by atoms with van der Waals surface area (Å²) in [6.45, 7) is 2.26. The number of hydrogen-bond acceptors (Lipinski definition) is 3. The lowest BCUT2D eigenvalue weighted by molar-refractivity contribution is -0.385. The monoisotopic (exact) mass is 252 g/mol. The number of amides is 1. The molecular formula is C12H13FN2O3. The summed E-state index contributed by atoms with van der Waals surface area (Å²) in [6.07, 6.45) is 4.37. The van der Waals surface area contributed by atoms with Gasteiger partial charge in [-0.15, -0.1) is 0 Å². The molecule has 1 N–H and O–H groups in total. The summed E-state index contributed by atoms with van der Waals surface area (Å²) in [6, 6.07) is 2.79. The zero-order valence-corrected chi connectivity index (χ0v) is 9.85. The van der Waals surface area contributed by atoms with Crippen molar-refractivity contribution in [3.63, 3.8) is 0 Å². The van der Waals surface area contributed by atoms with Crippen LogP contribution in [0.2, 0.25) is 0 Å². The largest absolute Gasteiger partial charge is 0.352 e. The first-order valence-electron chi connectivity index (χ1n) is 5.39. The highest BCUT2D eigenvalue weighted by atomic mass is 19.1. The van der Waals surface area contributed by atoms with E-state index in [9.17, 15) is 19.3 Å². The van der Waals surface area contributed by atoms with Gasteiger partial charge < -0.3 is 5.32 Å². The Balaban J connectivity index is 2.76. The number of carbonyl (C=O) groups is 1. The number of nitrogens with one attached hydrogen (secondary N) is 1. The molecule has 0 spiro atoms. The topological polar surface area (TPSA) is 72.2 Å². The van der Waals surface area contributed by atoms with Gasteiger partial charge in [-0.3, -0.25) is 14.9 Å². The van der Waals surface area contributed by atoms with E-state index >= 15 is 0 Å². The number of non-ortho nitro benzene ring substituents is 1. The van der Waals surface area contributed by atoms with Crippen molar-refractivity contribution < 1.29 is 14.1 Å². The van der Waals surface area contributed by atoms with Crippen molar-refractivity contribution in [2.45, 2.75) is 13.3 Å². The lowest BCUT2D eigenvalue weighted by atomic mass is 10.2. The summed E-state index contributed by atoms with van der Waals surface area (Å²) in [4.78, 5) is 21.4. The van der Waals surface area contributed by atoms with Crippen LogP contribution in [0, 0.1) is 15.9 Å². The molecule has 18 heavy (non-hydrogen) atoms. The molecule has 0 saturated carbocycles. The molecule has 0 fully saturated rings. The smallest absolute Gasteiger partial charge is 0.273 e. The quantitative estimate of drug-likeness (QED) is 0.378. The summed E-state index contributed by atoms with van der Waals surface area (Å²) in [5, 5.41) is 13.1. The average molecular weight is 252 g/mol. The molecule has 0 heterocycles. The van der Waals surface area contributed by atoms with Crippen molar-refractivity contribution in [1.29, 1.82) is 0 Å². The van der Waals surface area contributed by atoms with E-state index in [4.69, 9.17) is 0 Å². The van der Waals surface area contributed by atoms with Crippen LogP contribution in [0.25, 0.3) is 0 Å². The fourth-order valence-corrected chi connectivity index (χ4v) is 1.35. The molecule has 0 aliphatic rings. The third-order valence-electron chi connectivity index (χ3n) is 2.19. The lowest BCUT2D eigenvalue weighted by Crippen LogP contribution is -2.24. The first kappa shape index (κ1) is 13.8. The van der Waals surface area contributed by atoms with Gasteiger partial charge in [-0.05, 0) is 19.4 Å². The summed E-state index contributed by atoms with van der Waals surface area (Å²) in [5.41, 5.74) is -0.490. The lowest BCUT2D eigenvalue weighted by Gasteiger charge is -2.03. The van der Waals surface area contributed by atoms with Crippen molar-refractivity contribution >= 4 is 11.6 Å². The first-order chi connectivity index (χ1) is 8.54. The Kier molecular flexibility index (Phi) is 4.98. The standard InChI is InChI=1S/C12H13FN2O3/c1-2-3-4-5-14-12(16)9-6-10(13)8-11(7-9)15(17)18/h2-3,6-8H,4-5H2,1H3,(H,14,16)/b3-2+. The number of halogens is 1. The van der Waals surface area contributed by atoms with Crippen molar-refractivity contribution in [3.8, 4) is 0 Å². The Morgan fingerprint density at radius 1 is 1.50 bits per heavy atom. The highest BCUT2D eigenvalue weighted by Gasteiger charge is 2.14. The van der Waals surface area contributed by atoms with Crippen LogP contribution in [-0.2, 0) is 0 Å². The third-order valence-corrected chi connectivity index (χ3v) is 2.19. The first-order valence-corrected chi connectivity index (χ1v) is 5.39. The summed E-state index contributed by atoms with van der Waals surface area (Å²) < 4.78 is 13.1. The van der Waals surface area contributed by atoms with Crippen LogP contribution < -0.4 is 5.32 Å². The third kappa shape index (κ3) is 3.97. The molecule has 1 amide bonds. The molecule has 0 saturated heterocycles. The van der Waals surface area contributed by atoms with Crippen molar-refractivity contribution in [3.05, 3.63) is 51.8 Å². The van der Waals surface area contributed by atoms with E-state index in [1.165, 1.54) is 0 Å². The van der Waals surface area contributed by atoms with E-state index in [0.717, 1.165) is 18.2 Å². The Morgan fingerprint density at radius 2 is 2.22 bits per heavy atom. The summed E-state index contributed by atoms with van der Waals surface area (Å²) in [5.74, 6) is -1.33. The number of hydrogen-bond donors (Lipinski definition) is 1. The van der Waals surface area contributed by atoms with Crippen LogP contribution in [0.1, 0.15) is 23.7 Å². The predicted molar refractivity (Wildman–Crippen MR) is 64.8 cm³/mol. The Hall–Kier alpha value is -2.24. The molecule has 0 aromatic heterocycles. The second-order valence-corrected chi connectivity index (χ2v) is 3.57. The normalized spacial score (nSPS) is 10.6. The minimum atomic E-state index is -0.803. The van der Waals surface area contributed by atoms with Gasteiger partial charge in [-0.2, -0.15) is 0 Å². The molecule has 5 nitrogen and oxygen atoms in total. The summed E-state index contributed by atoms with van der Waals surface area (Å²) in [7, 11) is 0. The molecule has 0 aliphatic carbocycles. The van der Waals surface area contributed by atoms with Crippen LogP contribution in [0.5, 0.6) is 0 Å². The van der Waals surface area contributed by atoms with Gasteiger partial charge in [0.25, 0.3) is 11.6 Å². The van der Waals surface area contributed by atoms with Gasteiger partial charge in [0.2, 0.25) is 0 Å². The SMILES string of the molecule is C/C=C/CCNC(=O)c1cc(F)cc([N+](=O)[O-])c1. The van der Waals surface area contributed by atoms with Crippen molar-refractivity contribution in [2.75, 3.05) is 6.54 Å².